The molecule has 0 aliphatic heterocycles. The zero-order valence-corrected chi connectivity index (χ0v) is 14.3. The first-order valence-electron chi connectivity index (χ1n) is 8.02. The van der Waals surface area contributed by atoms with Gasteiger partial charge in [0.05, 0.1) is 5.60 Å². The van der Waals surface area contributed by atoms with E-state index in [9.17, 15) is 10.2 Å². The van der Waals surface area contributed by atoms with Gasteiger partial charge in [0.15, 0.2) is 5.82 Å². The molecule has 2 heterocycles. The summed E-state index contributed by atoms with van der Waals surface area (Å²) in [5.74, 6) is 0.658. The average Bonchev–Trinajstić information content (AvgIpc) is 2.54. The number of benzene rings is 1. The lowest BCUT2D eigenvalue weighted by atomic mass is 9.77. The third-order valence-corrected chi connectivity index (χ3v) is 4.70. The molecule has 1 aliphatic carbocycles. The highest BCUT2D eigenvalue weighted by Gasteiger charge is 2.38. The van der Waals surface area contributed by atoms with Gasteiger partial charge in [0.1, 0.15) is 17.0 Å². The van der Waals surface area contributed by atoms with Gasteiger partial charge < -0.3 is 15.5 Å². The van der Waals surface area contributed by atoms with Gasteiger partial charge in [-0.1, -0.05) is 11.6 Å². The van der Waals surface area contributed by atoms with Crippen LogP contribution in [0.4, 0.5) is 5.82 Å². The lowest BCUT2D eigenvalue weighted by molar-refractivity contribution is -0.0235. The summed E-state index contributed by atoms with van der Waals surface area (Å²) in [6.07, 6.45) is 3.00. The molecule has 7 heteroatoms. The normalized spacial score (nSPS) is 22.6. The van der Waals surface area contributed by atoms with E-state index in [1.54, 1.807) is 18.3 Å². The number of hydrogen-bond acceptors (Lipinski definition) is 6. The zero-order chi connectivity index (χ0) is 17.6. The Kier molecular flexibility index (Phi) is 3.74. The molecule has 6 nitrogen and oxygen atoms in total. The molecule has 1 fully saturated rings. The van der Waals surface area contributed by atoms with Gasteiger partial charge in [0, 0.05) is 28.2 Å². The Hall–Kier alpha value is -2.44. The number of pyridine rings is 1. The molecule has 3 aromatic rings. The van der Waals surface area contributed by atoms with E-state index in [1.165, 1.54) is 6.07 Å². The highest BCUT2D eigenvalue weighted by molar-refractivity contribution is 6.30. The van der Waals surface area contributed by atoms with Crippen LogP contribution in [0.3, 0.4) is 0 Å². The lowest BCUT2D eigenvalue weighted by Gasteiger charge is -2.41. The van der Waals surface area contributed by atoms with Crippen LogP contribution >= 0.6 is 11.6 Å². The third-order valence-electron chi connectivity index (χ3n) is 4.47. The standard InChI is InChI=1S/C18H17ClN4O2/c1-18(25)8-11(9-18)21-17-13-3-2-6-20-15(13)16(22-23-17)12-5-4-10(19)7-14(12)24/h2-7,11,24-25H,8-9H2,1H3,(H,21,23). The summed E-state index contributed by atoms with van der Waals surface area (Å²) in [5.41, 5.74) is 1.05. The molecule has 0 saturated heterocycles. The molecule has 128 valence electrons. The van der Waals surface area contributed by atoms with Crippen LogP contribution in [0.5, 0.6) is 5.75 Å². The summed E-state index contributed by atoms with van der Waals surface area (Å²) in [4.78, 5) is 4.43. The average molecular weight is 357 g/mol. The maximum Gasteiger partial charge on any atom is 0.158 e. The quantitative estimate of drug-likeness (QED) is 0.666. The maximum absolute atomic E-state index is 10.2. The number of nitrogens with one attached hydrogen (secondary N) is 1. The van der Waals surface area contributed by atoms with Crippen molar-refractivity contribution in [1.82, 2.24) is 15.2 Å². The predicted octanol–water partition coefficient (Wildman–Crippen LogP) is 3.38. The molecule has 1 aliphatic rings. The van der Waals surface area contributed by atoms with Crippen LogP contribution in [-0.2, 0) is 0 Å². The van der Waals surface area contributed by atoms with E-state index in [0.717, 1.165) is 5.39 Å². The Balaban J connectivity index is 1.77. The lowest BCUT2D eigenvalue weighted by Crippen LogP contribution is -2.48. The summed E-state index contributed by atoms with van der Waals surface area (Å²) in [6.45, 7) is 1.82. The minimum Gasteiger partial charge on any atom is -0.507 e. The number of fused-ring (bicyclic) bond motifs is 1. The first-order valence-corrected chi connectivity index (χ1v) is 8.40. The van der Waals surface area contributed by atoms with Crippen LogP contribution in [0.25, 0.3) is 22.2 Å². The minimum atomic E-state index is -0.617. The van der Waals surface area contributed by atoms with Crippen LogP contribution in [0, 0.1) is 0 Å². The number of phenols is 1. The van der Waals surface area contributed by atoms with E-state index in [1.807, 2.05) is 19.1 Å². The van der Waals surface area contributed by atoms with Crippen molar-refractivity contribution in [2.24, 2.45) is 0 Å². The highest BCUT2D eigenvalue weighted by Crippen LogP contribution is 2.37. The monoisotopic (exact) mass is 356 g/mol. The van der Waals surface area contributed by atoms with E-state index in [4.69, 9.17) is 11.6 Å². The third kappa shape index (κ3) is 2.99. The predicted molar refractivity (Wildman–Crippen MR) is 96.7 cm³/mol. The molecule has 0 radical (unpaired) electrons. The molecule has 0 unspecified atom stereocenters. The fraction of sp³-hybridized carbons (Fsp3) is 0.278. The van der Waals surface area contributed by atoms with Crippen LogP contribution < -0.4 is 5.32 Å². The van der Waals surface area contributed by atoms with Gasteiger partial charge in [-0.3, -0.25) is 4.98 Å². The van der Waals surface area contributed by atoms with Crippen molar-refractivity contribution in [3.05, 3.63) is 41.6 Å². The molecular weight excluding hydrogens is 340 g/mol. The van der Waals surface area contributed by atoms with Crippen molar-refractivity contribution in [2.75, 3.05) is 5.32 Å². The van der Waals surface area contributed by atoms with Gasteiger partial charge >= 0.3 is 0 Å². The van der Waals surface area contributed by atoms with Gasteiger partial charge in [-0.05, 0) is 50.1 Å². The molecule has 25 heavy (non-hydrogen) atoms. The number of hydrogen-bond donors (Lipinski definition) is 3. The van der Waals surface area contributed by atoms with Gasteiger partial charge in [-0.15, -0.1) is 10.2 Å². The zero-order valence-electron chi connectivity index (χ0n) is 13.6. The van der Waals surface area contributed by atoms with Gasteiger partial charge in [-0.25, -0.2) is 0 Å². The SMILES string of the molecule is CC1(O)CC(Nc2nnc(-c3ccc(Cl)cc3O)c3ncccc23)C1. The molecule has 2 aromatic heterocycles. The van der Waals surface area contributed by atoms with E-state index in [2.05, 4.69) is 20.5 Å². The molecule has 0 amide bonds. The maximum atomic E-state index is 10.2. The van der Waals surface area contributed by atoms with Crippen LogP contribution in [0.1, 0.15) is 19.8 Å². The Bertz CT molecular complexity index is 953. The molecule has 1 saturated carbocycles. The second kappa shape index (κ2) is 5.82. The molecule has 4 rings (SSSR count). The van der Waals surface area contributed by atoms with Crippen molar-refractivity contribution < 1.29 is 10.2 Å². The smallest absolute Gasteiger partial charge is 0.158 e. The Morgan fingerprint density at radius 2 is 2.04 bits per heavy atom. The summed E-state index contributed by atoms with van der Waals surface area (Å²) >= 11 is 5.91. The van der Waals surface area contributed by atoms with Crippen LogP contribution in [0.2, 0.25) is 5.02 Å². The summed E-state index contributed by atoms with van der Waals surface area (Å²) < 4.78 is 0. The van der Waals surface area contributed by atoms with Gasteiger partial charge in [-0.2, -0.15) is 0 Å². The van der Waals surface area contributed by atoms with Crippen molar-refractivity contribution in [3.63, 3.8) is 0 Å². The molecule has 1 aromatic carbocycles. The summed E-state index contributed by atoms with van der Waals surface area (Å²) in [6, 6.07) is 8.75. The Morgan fingerprint density at radius 1 is 1.24 bits per heavy atom. The van der Waals surface area contributed by atoms with Gasteiger partial charge in [0.25, 0.3) is 0 Å². The minimum absolute atomic E-state index is 0.0319. The Morgan fingerprint density at radius 3 is 2.76 bits per heavy atom. The molecule has 0 spiro atoms. The van der Waals surface area contributed by atoms with E-state index in [-0.39, 0.29) is 11.8 Å². The van der Waals surface area contributed by atoms with Gasteiger partial charge in [0.2, 0.25) is 0 Å². The number of phenolic OH excluding ortho intramolecular Hbond substituents is 1. The first-order chi connectivity index (χ1) is 11.9. The van der Waals surface area contributed by atoms with Crippen LogP contribution in [-0.4, -0.2) is 37.0 Å². The number of aromatic hydroxyl groups is 1. The molecular formula is C18H17ClN4O2. The number of aromatic nitrogens is 3. The van der Waals surface area contributed by atoms with E-state index >= 15 is 0 Å². The number of halogens is 1. The number of nitrogens with zero attached hydrogens (tertiary/aromatic N) is 3. The topological polar surface area (TPSA) is 91.2 Å². The largest absolute Gasteiger partial charge is 0.507 e. The molecule has 0 bridgehead atoms. The van der Waals surface area contributed by atoms with Crippen LogP contribution in [0.15, 0.2) is 36.5 Å². The van der Waals surface area contributed by atoms with Crippen molar-refractivity contribution >= 4 is 28.3 Å². The van der Waals surface area contributed by atoms with E-state index in [0.29, 0.717) is 40.5 Å². The van der Waals surface area contributed by atoms with Crippen molar-refractivity contribution in [3.8, 4) is 17.0 Å². The van der Waals surface area contributed by atoms with Crippen molar-refractivity contribution in [1.29, 1.82) is 0 Å². The number of anilines is 1. The molecule has 0 atom stereocenters. The summed E-state index contributed by atoms with van der Waals surface area (Å²) in [7, 11) is 0. The van der Waals surface area contributed by atoms with Crippen molar-refractivity contribution in [2.45, 2.75) is 31.4 Å². The van der Waals surface area contributed by atoms with E-state index < -0.39 is 5.60 Å². The summed E-state index contributed by atoms with van der Waals surface area (Å²) in [5, 5.41) is 33.2. The Labute approximate surface area is 149 Å². The second-order valence-electron chi connectivity index (χ2n) is 6.70. The fourth-order valence-electron chi connectivity index (χ4n) is 3.28. The highest BCUT2D eigenvalue weighted by atomic mass is 35.5. The fourth-order valence-corrected chi connectivity index (χ4v) is 3.44. The second-order valence-corrected chi connectivity index (χ2v) is 7.14. The number of aliphatic hydroxyl groups is 1. The number of rotatable bonds is 3. The first kappa shape index (κ1) is 16.1. The molecule has 3 N–H and O–H groups in total.